The van der Waals surface area contributed by atoms with Crippen LogP contribution >= 0.6 is 0 Å². The Morgan fingerprint density at radius 2 is 1.89 bits per heavy atom. The van der Waals surface area contributed by atoms with E-state index >= 15 is 0 Å². The van der Waals surface area contributed by atoms with E-state index in [2.05, 4.69) is 18.0 Å². The minimum atomic E-state index is -0.154. The van der Waals surface area contributed by atoms with E-state index in [9.17, 15) is 9.59 Å². The van der Waals surface area contributed by atoms with E-state index in [-0.39, 0.29) is 11.5 Å². The molecule has 35 heavy (non-hydrogen) atoms. The zero-order valence-corrected chi connectivity index (χ0v) is 19.5. The van der Waals surface area contributed by atoms with Crippen LogP contribution in [0.4, 0.5) is 5.69 Å². The third-order valence-electron chi connectivity index (χ3n) is 6.76. The first-order valence-corrected chi connectivity index (χ1v) is 12.0. The van der Waals surface area contributed by atoms with E-state index < -0.39 is 0 Å². The molecule has 1 amide bonds. The third kappa shape index (κ3) is 3.51. The summed E-state index contributed by atoms with van der Waals surface area (Å²) >= 11 is 0. The molecule has 5 heterocycles. The van der Waals surface area contributed by atoms with Crippen molar-refractivity contribution >= 4 is 28.3 Å². The van der Waals surface area contributed by atoms with Gasteiger partial charge in [-0.2, -0.15) is 0 Å². The predicted octanol–water partition coefficient (Wildman–Crippen LogP) is 4.71. The molecular weight excluding hydrogens is 438 g/mol. The fourth-order valence-electron chi connectivity index (χ4n) is 4.95. The second kappa shape index (κ2) is 8.51. The number of anilines is 1. The van der Waals surface area contributed by atoms with Crippen molar-refractivity contribution in [3.8, 4) is 11.1 Å². The predicted molar refractivity (Wildman–Crippen MR) is 137 cm³/mol. The van der Waals surface area contributed by atoms with Gasteiger partial charge in [-0.3, -0.25) is 19.0 Å². The molecule has 7 nitrogen and oxygen atoms in total. The molecule has 0 bridgehead atoms. The van der Waals surface area contributed by atoms with Gasteiger partial charge in [0.15, 0.2) is 0 Å². The molecule has 4 aromatic heterocycles. The highest BCUT2D eigenvalue weighted by molar-refractivity contribution is 6.08. The second-order valence-electron chi connectivity index (χ2n) is 8.90. The highest BCUT2D eigenvalue weighted by Gasteiger charge is 2.29. The van der Waals surface area contributed by atoms with Crippen molar-refractivity contribution in [2.24, 2.45) is 0 Å². The lowest BCUT2D eigenvalue weighted by Gasteiger charge is -2.19. The molecule has 1 aliphatic rings. The number of aryl methyl sites for hydroxylation is 1. The lowest BCUT2D eigenvalue weighted by molar-refractivity contribution is 0.0980. The second-order valence-corrected chi connectivity index (χ2v) is 8.90. The van der Waals surface area contributed by atoms with E-state index in [0.29, 0.717) is 35.5 Å². The van der Waals surface area contributed by atoms with Gasteiger partial charge < -0.3 is 9.47 Å². The molecule has 174 valence electrons. The topological polar surface area (TPSA) is 72.5 Å². The monoisotopic (exact) mass is 463 g/mol. The summed E-state index contributed by atoms with van der Waals surface area (Å²) in [5.74, 6) is -0.0945. The first kappa shape index (κ1) is 21.3. The minimum absolute atomic E-state index is 0.0945. The van der Waals surface area contributed by atoms with Gasteiger partial charge in [-0.1, -0.05) is 25.5 Å². The standard InChI is InChI=1S/C28H25N5O2/c1-2-3-14-31-24(18-22-26(31)30-25-6-4-5-15-33(25)27(22)34)28(35)32-16-11-21-17-20(7-8-23(21)32)19-9-12-29-13-10-19/h4-10,12-13,15,17-18H,2-3,11,14,16H2,1H3. The average molecular weight is 464 g/mol. The average Bonchev–Trinajstić information content (AvgIpc) is 3.49. The number of nitrogens with zero attached hydrogens (tertiary/aromatic N) is 5. The number of carbonyl (C=O) groups excluding carboxylic acids is 1. The molecular formula is C28H25N5O2. The lowest BCUT2D eigenvalue weighted by Crippen LogP contribution is -2.30. The summed E-state index contributed by atoms with van der Waals surface area (Å²) in [5.41, 5.74) is 5.80. The minimum Gasteiger partial charge on any atom is -0.321 e. The SMILES string of the molecule is CCCCn1c(C(=O)N2CCc3cc(-c4ccncc4)ccc32)cc2c(=O)n3ccccc3nc21. The Bertz CT molecular complexity index is 1630. The Morgan fingerprint density at radius 3 is 2.71 bits per heavy atom. The summed E-state index contributed by atoms with van der Waals surface area (Å²) in [6, 6.07) is 17.4. The largest absolute Gasteiger partial charge is 0.321 e. The van der Waals surface area contributed by atoms with Crippen LogP contribution in [0.5, 0.6) is 0 Å². The first-order valence-electron chi connectivity index (χ1n) is 12.0. The van der Waals surface area contributed by atoms with Crippen LogP contribution in [0.15, 0.2) is 78.0 Å². The number of pyridine rings is 2. The van der Waals surface area contributed by atoms with E-state index in [1.54, 1.807) is 24.7 Å². The van der Waals surface area contributed by atoms with Gasteiger partial charge in [0.1, 0.15) is 17.0 Å². The maximum atomic E-state index is 13.9. The van der Waals surface area contributed by atoms with Crippen molar-refractivity contribution in [2.45, 2.75) is 32.7 Å². The van der Waals surface area contributed by atoms with Crippen LogP contribution in [0, 0.1) is 0 Å². The van der Waals surface area contributed by atoms with Crippen LogP contribution in [0.2, 0.25) is 0 Å². The zero-order chi connectivity index (χ0) is 23.9. The van der Waals surface area contributed by atoms with Gasteiger partial charge in [0.25, 0.3) is 11.5 Å². The Morgan fingerprint density at radius 1 is 1.03 bits per heavy atom. The van der Waals surface area contributed by atoms with Crippen LogP contribution in [-0.4, -0.2) is 31.4 Å². The van der Waals surface area contributed by atoms with Crippen molar-refractivity contribution in [1.29, 1.82) is 0 Å². The summed E-state index contributed by atoms with van der Waals surface area (Å²) in [5, 5.41) is 0.473. The van der Waals surface area contributed by atoms with Crippen molar-refractivity contribution in [3.63, 3.8) is 0 Å². The van der Waals surface area contributed by atoms with Crippen LogP contribution in [0.3, 0.4) is 0 Å². The van der Waals surface area contributed by atoms with Crippen molar-refractivity contribution < 1.29 is 4.79 Å². The fourth-order valence-corrected chi connectivity index (χ4v) is 4.95. The Hall–Kier alpha value is -4.26. The molecule has 5 aromatic rings. The highest BCUT2D eigenvalue weighted by atomic mass is 16.2. The number of fused-ring (bicyclic) bond motifs is 3. The molecule has 0 N–H and O–H groups in total. The Kier molecular flexibility index (Phi) is 5.17. The van der Waals surface area contributed by atoms with Gasteiger partial charge >= 0.3 is 0 Å². The molecule has 0 unspecified atom stereocenters. The summed E-state index contributed by atoms with van der Waals surface area (Å²) in [7, 11) is 0. The molecule has 6 rings (SSSR count). The van der Waals surface area contributed by atoms with Gasteiger partial charge in [0.05, 0.1) is 5.39 Å². The smallest absolute Gasteiger partial charge is 0.274 e. The van der Waals surface area contributed by atoms with E-state index in [1.165, 1.54) is 4.40 Å². The zero-order valence-electron chi connectivity index (χ0n) is 19.5. The Labute approximate surface area is 202 Å². The summed E-state index contributed by atoms with van der Waals surface area (Å²) in [4.78, 5) is 37.8. The molecule has 0 saturated carbocycles. The van der Waals surface area contributed by atoms with Crippen LogP contribution in [-0.2, 0) is 13.0 Å². The lowest BCUT2D eigenvalue weighted by atomic mass is 10.0. The number of amides is 1. The molecule has 1 aromatic carbocycles. The number of hydrogen-bond acceptors (Lipinski definition) is 4. The molecule has 0 spiro atoms. The van der Waals surface area contributed by atoms with Gasteiger partial charge in [0, 0.05) is 37.4 Å². The summed E-state index contributed by atoms with van der Waals surface area (Å²) in [6.07, 6.45) is 7.95. The number of hydrogen-bond donors (Lipinski definition) is 0. The number of unbranched alkanes of at least 4 members (excludes halogenated alkanes) is 1. The van der Waals surface area contributed by atoms with E-state index in [0.717, 1.165) is 41.6 Å². The number of benzene rings is 1. The summed E-state index contributed by atoms with van der Waals surface area (Å²) < 4.78 is 3.46. The summed E-state index contributed by atoms with van der Waals surface area (Å²) in [6.45, 7) is 3.36. The molecule has 0 radical (unpaired) electrons. The van der Waals surface area contributed by atoms with Gasteiger partial charge in [-0.15, -0.1) is 0 Å². The molecule has 1 aliphatic heterocycles. The van der Waals surface area contributed by atoms with Crippen molar-refractivity contribution in [3.05, 3.63) is 94.8 Å². The number of carbonyl (C=O) groups is 1. The molecule has 0 aliphatic carbocycles. The first-order chi connectivity index (χ1) is 17.2. The van der Waals surface area contributed by atoms with Crippen molar-refractivity contribution in [2.75, 3.05) is 11.4 Å². The van der Waals surface area contributed by atoms with Crippen LogP contribution in [0.1, 0.15) is 35.8 Å². The molecule has 0 saturated heterocycles. The van der Waals surface area contributed by atoms with Crippen LogP contribution < -0.4 is 10.5 Å². The molecule has 7 heteroatoms. The van der Waals surface area contributed by atoms with Crippen molar-refractivity contribution in [1.82, 2.24) is 18.9 Å². The van der Waals surface area contributed by atoms with Gasteiger partial charge in [0.2, 0.25) is 0 Å². The molecule has 0 atom stereocenters. The maximum absolute atomic E-state index is 13.9. The van der Waals surface area contributed by atoms with Gasteiger partial charge in [-0.05, 0) is 72.0 Å². The quantitative estimate of drug-likeness (QED) is 0.378. The Balaban J connectivity index is 1.44. The van der Waals surface area contributed by atoms with E-state index in [1.807, 2.05) is 51.9 Å². The van der Waals surface area contributed by atoms with E-state index in [4.69, 9.17) is 4.98 Å². The number of aromatic nitrogens is 4. The highest BCUT2D eigenvalue weighted by Crippen LogP contribution is 2.34. The fraction of sp³-hybridized carbons (Fsp3) is 0.214. The maximum Gasteiger partial charge on any atom is 0.274 e. The number of rotatable bonds is 5. The normalized spacial score (nSPS) is 13.0. The third-order valence-corrected chi connectivity index (χ3v) is 6.76. The molecule has 0 fully saturated rings. The van der Waals surface area contributed by atoms with Gasteiger partial charge in [-0.25, -0.2) is 4.98 Å². The van der Waals surface area contributed by atoms with Crippen LogP contribution in [0.25, 0.3) is 27.8 Å².